The predicted octanol–water partition coefficient (Wildman–Crippen LogP) is 4.28. The number of H-pyrrole nitrogens is 1. The lowest BCUT2D eigenvalue weighted by atomic mass is 9.95. The van der Waals surface area contributed by atoms with E-state index in [4.69, 9.17) is 0 Å². The molecule has 150 valence electrons. The first kappa shape index (κ1) is 19.2. The van der Waals surface area contributed by atoms with Gasteiger partial charge in [-0.3, -0.25) is 4.79 Å². The summed E-state index contributed by atoms with van der Waals surface area (Å²) >= 11 is 0. The first-order valence-corrected chi connectivity index (χ1v) is 9.78. The van der Waals surface area contributed by atoms with Gasteiger partial charge in [-0.05, 0) is 61.4 Å². The van der Waals surface area contributed by atoms with Gasteiger partial charge in [0, 0.05) is 23.0 Å². The van der Waals surface area contributed by atoms with E-state index in [9.17, 15) is 19.1 Å². The Morgan fingerprint density at radius 1 is 1.21 bits per heavy atom. The maximum absolute atomic E-state index is 13.9. The molecule has 1 saturated carbocycles. The van der Waals surface area contributed by atoms with E-state index in [0.717, 1.165) is 40.6 Å². The van der Waals surface area contributed by atoms with Crippen LogP contribution < -0.4 is 5.32 Å². The van der Waals surface area contributed by atoms with Gasteiger partial charge in [0.05, 0.1) is 0 Å². The molecule has 0 radical (unpaired) electrons. The molecule has 1 aliphatic carbocycles. The molecule has 0 saturated heterocycles. The van der Waals surface area contributed by atoms with Crippen LogP contribution in [-0.2, 0) is 16.0 Å². The zero-order valence-electron chi connectivity index (χ0n) is 16.2. The highest BCUT2D eigenvalue weighted by Crippen LogP contribution is 2.40. The molecular formula is C23H23FN2O3. The molecule has 1 aliphatic rings. The van der Waals surface area contributed by atoms with Crippen molar-refractivity contribution in [3.05, 3.63) is 59.9 Å². The molecule has 1 unspecified atom stereocenters. The van der Waals surface area contributed by atoms with E-state index in [2.05, 4.69) is 10.3 Å². The number of aryl methyl sites for hydroxylation is 1. The highest BCUT2D eigenvalue weighted by atomic mass is 19.1. The quantitative estimate of drug-likeness (QED) is 0.559. The average molecular weight is 394 g/mol. The molecule has 0 aliphatic heterocycles. The second-order valence-corrected chi connectivity index (χ2v) is 7.86. The molecule has 2 aromatic carbocycles. The van der Waals surface area contributed by atoms with Gasteiger partial charge in [-0.25, -0.2) is 9.18 Å². The van der Waals surface area contributed by atoms with Crippen molar-refractivity contribution >= 4 is 22.8 Å². The Bertz CT molecular complexity index is 1070. The number of hydrogen-bond acceptors (Lipinski definition) is 2. The average Bonchev–Trinajstić information content (AvgIpc) is 3.49. The fourth-order valence-electron chi connectivity index (χ4n) is 3.91. The SMILES string of the molecule is CC(NC(=O)CCc1c(-c2ccccc2)[nH]c2ccc(F)cc12)(C(=O)O)C1CC1. The van der Waals surface area contributed by atoms with E-state index < -0.39 is 11.5 Å². The second-order valence-electron chi connectivity index (χ2n) is 7.86. The van der Waals surface area contributed by atoms with Crippen molar-refractivity contribution in [2.75, 3.05) is 0 Å². The molecule has 1 amide bonds. The number of carboxylic acids is 1. The van der Waals surface area contributed by atoms with Crippen LogP contribution in [0.1, 0.15) is 31.7 Å². The normalized spacial score (nSPS) is 15.8. The van der Waals surface area contributed by atoms with E-state index in [1.54, 1.807) is 13.0 Å². The number of nitrogens with one attached hydrogen (secondary N) is 2. The highest BCUT2D eigenvalue weighted by Gasteiger charge is 2.48. The summed E-state index contributed by atoms with van der Waals surface area (Å²) in [5.74, 6) is -1.68. The van der Waals surface area contributed by atoms with Crippen LogP contribution in [0.2, 0.25) is 0 Å². The molecule has 1 heterocycles. The van der Waals surface area contributed by atoms with Crippen LogP contribution in [0.4, 0.5) is 4.39 Å². The lowest BCUT2D eigenvalue weighted by Crippen LogP contribution is -2.54. The Kier molecular flexibility index (Phi) is 4.86. The fraction of sp³-hybridized carbons (Fsp3) is 0.304. The molecule has 1 fully saturated rings. The third-order valence-electron chi connectivity index (χ3n) is 5.77. The van der Waals surface area contributed by atoms with E-state index in [0.29, 0.717) is 6.42 Å². The first-order valence-electron chi connectivity index (χ1n) is 9.78. The number of carboxylic acid groups (broad SMARTS) is 1. The monoisotopic (exact) mass is 394 g/mol. The van der Waals surface area contributed by atoms with Gasteiger partial charge in [-0.1, -0.05) is 30.3 Å². The summed E-state index contributed by atoms with van der Waals surface area (Å²) in [7, 11) is 0. The number of amides is 1. The number of benzene rings is 2. The van der Waals surface area contributed by atoms with Gasteiger partial charge in [0.1, 0.15) is 11.4 Å². The Morgan fingerprint density at radius 3 is 2.59 bits per heavy atom. The van der Waals surface area contributed by atoms with E-state index in [1.165, 1.54) is 12.1 Å². The zero-order chi connectivity index (χ0) is 20.6. The minimum Gasteiger partial charge on any atom is -0.480 e. The fourth-order valence-corrected chi connectivity index (χ4v) is 3.91. The molecule has 4 rings (SSSR count). The second kappa shape index (κ2) is 7.35. The van der Waals surface area contributed by atoms with Crippen molar-refractivity contribution in [3.63, 3.8) is 0 Å². The molecule has 1 aromatic heterocycles. The lowest BCUT2D eigenvalue weighted by molar-refractivity contribution is -0.147. The minimum absolute atomic E-state index is 0.0222. The summed E-state index contributed by atoms with van der Waals surface area (Å²) in [5.41, 5.74) is 2.22. The predicted molar refractivity (Wildman–Crippen MR) is 109 cm³/mol. The van der Waals surface area contributed by atoms with Crippen molar-refractivity contribution in [1.82, 2.24) is 10.3 Å². The first-order chi connectivity index (χ1) is 13.9. The molecule has 0 bridgehead atoms. The summed E-state index contributed by atoms with van der Waals surface area (Å²) < 4.78 is 13.9. The largest absolute Gasteiger partial charge is 0.480 e. The Labute approximate surface area is 167 Å². The van der Waals surface area contributed by atoms with E-state index in [1.807, 2.05) is 30.3 Å². The van der Waals surface area contributed by atoms with Gasteiger partial charge in [-0.2, -0.15) is 0 Å². The van der Waals surface area contributed by atoms with Crippen molar-refractivity contribution < 1.29 is 19.1 Å². The van der Waals surface area contributed by atoms with Gasteiger partial charge >= 0.3 is 5.97 Å². The number of aliphatic carboxylic acids is 1. The van der Waals surface area contributed by atoms with Crippen molar-refractivity contribution in [2.24, 2.45) is 5.92 Å². The summed E-state index contributed by atoms with van der Waals surface area (Å²) in [6.45, 7) is 1.57. The van der Waals surface area contributed by atoms with Crippen LogP contribution >= 0.6 is 0 Å². The van der Waals surface area contributed by atoms with Crippen LogP contribution in [0.25, 0.3) is 22.2 Å². The van der Waals surface area contributed by atoms with Crippen LogP contribution in [-0.4, -0.2) is 27.5 Å². The van der Waals surface area contributed by atoms with Gasteiger partial charge in [0.15, 0.2) is 0 Å². The van der Waals surface area contributed by atoms with Crippen molar-refractivity contribution in [2.45, 2.75) is 38.1 Å². The molecule has 5 nitrogen and oxygen atoms in total. The Hall–Kier alpha value is -3.15. The van der Waals surface area contributed by atoms with Crippen LogP contribution in [0.15, 0.2) is 48.5 Å². The number of fused-ring (bicyclic) bond motifs is 1. The van der Waals surface area contributed by atoms with Gasteiger partial charge in [0.25, 0.3) is 0 Å². The summed E-state index contributed by atoms with van der Waals surface area (Å²) in [4.78, 5) is 27.6. The lowest BCUT2D eigenvalue weighted by Gasteiger charge is -2.26. The van der Waals surface area contributed by atoms with Gasteiger partial charge in [0.2, 0.25) is 5.91 Å². The summed E-state index contributed by atoms with van der Waals surface area (Å²) in [5, 5.41) is 13.0. The molecular weight excluding hydrogens is 371 g/mol. The Morgan fingerprint density at radius 2 is 1.93 bits per heavy atom. The topological polar surface area (TPSA) is 82.2 Å². The molecule has 0 spiro atoms. The third-order valence-corrected chi connectivity index (χ3v) is 5.77. The van der Waals surface area contributed by atoms with Crippen LogP contribution in [0.3, 0.4) is 0 Å². The third kappa shape index (κ3) is 3.75. The number of aromatic nitrogens is 1. The van der Waals surface area contributed by atoms with E-state index >= 15 is 0 Å². The number of carbonyl (C=O) groups is 2. The van der Waals surface area contributed by atoms with Gasteiger partial charge in [-0.15, -0.1) is 0 Å². The van der Waals surface area contributed by atoms with Crippen LogP contribution in [0, 0.1) is 11.7 Å². The number of hydrogen-bond donors (Lipinski definition) is 3. The molecule has 3 N–H and O–H groups in total. The smallest absolute Gasteiger partial charge is 0.329 e. The standard InChI is InChI=1S/C23H23FN2O3/c1-23(22(28)29,15-7-8-15)26-20(27)12-10-17-18-13-16(24)9-11-19(18)25-21(17)14-5-3-2-4-6-14/h2-6,9,11,13,15,25H,7-8,10,12H2,1H3,(H,26,27)(H,28,29). The zero-order valence-corrected chi connectivity index (χ0v) is 16.2. The number of carbonyl (C=O) groups excluding carboxylic acids is 1. The van der Waals surface area contributed by atoms with Gasteiger partial charge < -0.3 is 15.4 Å². The molecule has 3 aromatic rings. The summed E-state index contributed by atoms with van der Waals surface area (Å²) in [6, 6.07) is 14.2. The minimum atomic E-state index is -1.23. The summed E-state index contributed by atoms with van der Waals surface area (Å²) in [6.07, 6.45) is 2.12. The maximum Gasteiger partial charge on any atom is 0.329 e. The maximum atomic E-state index is 13.9. The highest BCUT2D eigenvalue weighted by molar-refractivity contribution is 5.92. The van der Waals surface area contributed by atoms with Crippen molar-refractivity contribution in [1.29, 1.82) is 0 Å². The number of aromatic amines is 1. The van der Waals surface area contributed by atoms with Crippen LogP contribution in [0.5, 0.6) is 0 Å². The molecule has 6 heteroatoms. The molecule has 1 atom stereocenters. The number of rotatable bonds is 7. The number of halogens is 1. The molecule has 29 heavy (non-hydrogen) atoms. The van der Waals surface area contributed by atoms with Crippen molar-refractivity contribution in [3.8, 4) is 11.3 Å². The Balaban J connectivity index is 1.61. The van der Waals surface area contributed by atoms with E-state index in [-0.39, 0.29) is 24.1 Å².